The van der Waals surface area contributed by atoms with Gasteiger partial charge in [0.1, 0.15) is 0 Å². The van der Waals surface area contributed by atoms with Crippen LogP contribution in [0, 0.1) is 0 Å². The van der Waals surface area contributed by atoms with Gasteiger partial charge in [0.2, 0.25) is 0 Å². The van der Waals surface area contributed by atoms with Gasteiger partial charge in [0.05, 0.1) is 6.42 Å². The molecule has 1 rings (SSSR count). The number of nitrogens with one attached hydrogen (secondary N) is 1. The average Bonchev–Trinajstić information content (AvgIpc) is 2.25. The van der Waals surface area contributed by atoms with Gasteiger partial charge in [0.25, 0.3) is 0 Å². The average molecular weight is 214 g/mol. The van der Waals surface area contributed by atoms with Crippen LogP contribution in [0.2, 0.25) is 0 Å². The van der Waals surface area contributed by atoms with E-state index in [-0.39, 0.29) is 6.42 Å². The molecular formula is C11H22N2O2. The number of carboxylic acids is 1. The molecule has 0 spiro atoms. The second kappa shape index (κ2) is 6.80. The molecule has 0 aliphatic carbocycles. The molecule has 88 valence electrons. The minimum atomic E-state index is -0.711. The van der Waals surface area contributed by atoms with Crippen molar-refractivity contribution in [3.63, 3.8) is 0 Å². The SMILES string of the molecule is CN(CCC(=O)O)CCC1CCCCN1. The molecule has 1 unspecified atom stereocenters. The number of carboxylic acid groups (broad SMARTS) is 1. The second-order valence-electron chi connectivity index (χ2n) is 4.38. The molecule has 1 aliphatic rings. The van der Waals surface area contributed by atoms with E-state index >= 15 is 0 Å². The van der Waals surface area contributed by atoms with Gasteiger partial charge in [-0.3, -0.25) is 4.79 Å². The summed E-state index contributed by atoms with van der Waals surface area (Å²) in [6.45, 7) is 2.79. The quantitative estimate of drug-likeness (QED) is 0.690. The molecule has 1 saturated heterocycles. The molecule has 15 heavy (non-hydrogen) atoms. The second-order valence-corrected chi connectivity index (χ2v) is 4.38. The highest BCUT2D eigenvalue weighted by Crippen LogP contribution is 2.10. The smallest absolute Gasteiger partial charge is 0.304 e. The number of carbonyl (C=O) groups is 1. The van der Waals surface area contributed by atoms with Crippen molar-refractivity contribution < 1.29 is 9.90 Å². The first kappa shape index (κ1) is 12.5. The Balaban J connectivity index is 2.04. The summed E-state index contributed by atoms with van der Waals surface area (Å²) in [7, 11) is 1.99. The lowest BCUT2D eigenvalue weighted by atomic mass is 10.0. The van der Waals surface area contributed by atoms with E-state index in [1.54, 1.807) is 0 Å². The standard InChI is InChI=1S/C11H22N2O2/c1-13(9-6-11(14)15)8-5-10-4-2-3-7-12-10/h10,12H,2-9H2,1H3,(H,14,15). The zero-order chi connectivity index (χ0) is 11.1. The zero-order valence-corrected chi connectivity index (χ0v) is 9.54. The monoisotopic (exact) mass is 214 g/mol. The minimum absolute atomic E-state index is 0.245. The zero-order valence-electron chi connectivity index (χ0n) is 9.54. The van der Waals surface area contributed by atoms with Crippen LogP contribution in [-0.2, 0) is 4.79 Å². The van der Waals surface area contributed by atoms with E-state index in [4.69, 9.17) is 5.11 Å². The van der Waals surface area contributed by atoms with Gasteiger partial charge in [-0.25, -0.2) is 0 Å². The van der Waals surface area contributed by atoms with Gasteiger partial charge in [-0.15, -0.1) is 0 Å². The maximum atomic E-state index is 10.4. The van der Waals surface area contributed by atoms with Crippen molar-refractivity contribution in [3.05, 3.63) is 0 Å². The Kier molecular flexibility index (Phi) is 5.65. The van der Waals surface area contributed by atoms with Gasteiger partial charge in [-0.05, 0) is 39.4 Å². The van der Waals surface area contributed by atoms with Crippen molar-refractivity contribution in [2.24, 2.45) is 0 Å². The van der Waals surface area contributed by atoms with Crippen LogP contribution in [-0.4, -0.2) is 48.7 Å². The van der Waals surface area contributed by atoms with E-state index < -0.39 is 5.97 Å². The number of hydrogen-bond acceptors (Lipinski definition) is 3. The molecule has 1 atom stereocenters. The third kappa shape index (κ3) is 5.74. The maximum absolute atomic E-state index is 10.4. The lowest BCUT2D eigenvalue weighted by molar-refractivity contribution is -0.137. The third-order valence-corrected chi connectivity index (χ3v) is 2.98. The van der Waals surface area contributed by atoms with Crippen LogP contribution in [0.3, 0.4) is 0 Å². The molecule has 4 heteroatoms. The van der Waals surface area contributed by atoms with Crippen molar-refractivity contribution in [2.75, 3.05) is 26.7 Å². The first-order valence-electron chi connectivity index (χ1n) is 5.82. The summed E-state index contributed by atoms with van der Waals surface area (Å²) in [6, 6.07) is 0.644. The summed E-state index contributed by atoms with van der Waals surface area (Å²) in [5, 5.41) is 12.0. The molecule has 0 radical (unpaired) electrons. The molecule has 0 aromatic rings. The fourth-order valence-corrected chi connectivity index (χ4v) is 1.94. The molecule has 2 N–H and O–H groups in total. The Hall–Kier alpha value is -0.610. The van der Waals surface area contributed by atoms with E-state index in [1.165, 1.54) is 19.3 Å². The van der Waals surface area contributed by atoms with E-state index in [0.29, 0.717) is 12.6 Å². The van der Waals surface area contributed by atoms with Crippen molar-refractivity contribution in [1.82, 2.24) is 10.2 Å². The molecule has 0 aromatic heterocycles. The molecule has 1 fully saturated rings. The van der Waals surface area contributed by atoms with Crippen molar-refractivity contribution >= 4 is 5.97 Å². The van der Waals surface area contributed by atoms with Crippen LogP contribution >= 0.6 is 0 Å². The van der Waals surface area contributed by atoms with E-state index in [1.807, 2.05) is 7.05 Å². The van der Waals surface area contributed by atoms with E-state index in [9.17, 15) is 4.79 Å². The topological polar surface area (TPSA) is 52.6 Å². The highest BCUT2D eigenvalue weighted by Gasteiger charge is 2.12. The molecule has 0 amide bonds. The first-order valence-corrected chi connectivity index (χ1v) is 5.82. The Labute approximate surface area is 91.6 Å². The number of rotatable bonds is 6. The largest absolute Gasteiger partial charge is 0.481 e. The van der Waals surface area contributed by atoms with E-state index in [2.05, 4.69) is 10.2 Å². The predicted octanol–water partition coefficient (Wildman–Crippen LogP) is 0.925. The molecule has 1 aliphatic heterocycles. The normalized spacial score (nSPS) is 21.9. The molecule has 0 bridgehead atoms. The fraction of sp³-hybridized carbons (Fsp3) is 0.909. The Morgan fingerprint density at radius 2 is 2.27 bits per heavy atom. The number of nitrogens with zero attached hydrogens (tertiary/aromatic N) is 1. The third-order valence-electron chi connectivity index (χ3n) is 2.98. The Morgan fingerprint density at radius 1 is 1.47 bits per heavy atom. The summed E-state index contributed by atoms with van der Waals surface area (Å²) in [6.07, 6.45) is 5.28. The number of hydrogen-bond donors (Lipinski definition) is 2. The van der Waals surface area contributed by atoms with Crippen molar-refractivity contribution in [2.45, 2.75) is 38.1 Å². The lowest BCUT2D eigenvalue weighted by Crippen LogP contribution is -2.37. The molecule has 0 saturated carbocycles. The van der Waals surface area contributed by atoms with Crippen LogP contribution in [0.1, 0.15) is 32.1 Å². The summed E-state index contributed by atoms with van der Waals surface area (Å²) in [5.74, 6) is -0.711. The highest BCUT2D eigenvalue weighted by atomic mass is 16.4. The number of piperidine rings is 1. The van der Waals surface area contributed by atoms with Crippen LogP contribution in [0.25, 0.3) is 0 Å². The molecule has 4 nitrogen and oxygen atoms in total. The summed E-state index contributed by atoms with van der Waals surface area (Å²) in [5.41, 5.74) is 0. The van der Waals surface area contributed by atoms with Crippen LogP contribution in [0.5, 0.6) is 0 Å². The fourth-order valence-electron chi connectivity index (χ4n) is 1.94. The lowest BCUT2D eigenvalue weighted by Gasteiger charge is -2.25. The van der Waals surface area contributed by atoms with Gasteiger partial charge < -0.3 is 15.3 Å². The minimum Gasteiger partial charge on any atom is -0.481 e. The van der Waals surface area contributed by atoms with Gasteiger partial charge in [0.15, 0.2) is 0 Å². The highest BCUT2D eigenvalue weighted by molar-refractivity contribution is 5.66. The number of aliphatic carboxylic acids is 1. The molecule has 0 aromatic carbocycles. The van der Waals surface area contributed by atoms with Crippen molar-refractivity contribution in [1.29, 1.82) is 0 Å². The first-order chi connectivity index (χ1) is 7.18. The van der Waals surface area contributed by atoms with Crippen LogP contribution < -0.4 is 5.32 Å². The molecule has 1 heterocycles. The van der Waals surface area contributed by atoms with E-state index in [0.717, 1.165) is 19.5 Å². The van der Waals surface area contributed by atoms with Crippen molar-refractivity contribution in [3.8, 4) is 0 Å². The molecular weight excluding hydrogens is 192 g/mol. The van der Waals surface area contributed by atoms with Gasteiger partial charge in [-0.2, -0.15) is 0 Å². The van der Waals surface area contributed by atoms with Gasteiger partial charge in [0, 0.05) is 12.6 Å². The predicted molar refractivity (Wildman–Crippen MR) is 60.0 cm³/mol. The Morgan fingerprint density at radius 3 is 2.87 bits per heavy atom. The van der Waals surface area contributed by atoms with Gasteiger partial charge >= 0.3 is 5.97 Å². The maximum Gasteiger partial charge on any atom is 0.304 e. The Bertz CT molecular complexity index is 191. The van der Waals surface area contributed by atoms with Crippen LogP contribution in [0.4, 0.5) is 0 Å². The summed E-state index contributed by atoms with van der Waals surface area (Å²) in [4.78, 5) is 12.5. The van der Waals surface area contributed by atoms with Gasteiger partial charge in [-0.1, -0.05) is 6.42 Å². The van der Waals surface area contributed by atoms with Crippen LogP contribution in [0.15, 0.2) is 0 Å². The summed E-state index contributed by atoms with van der Waals surface area (Å²) >= 11 is 0. The summed E-state index contributed by atoms with van der Waals surface area (Å²) < 4.78 is 0.